The smallest absolute Gasteiger partial charge is 0.239 e. The standard InChI is InChI=1S/C21H24N6O4S2/c1-2-26(11-18(28)25-15-8-9-33(30,31)13-15)19(29)12-32-21-17-10-24-27(20(17)22-14-23-21)16-6-4-3-5-7-16/h3-7,10,14-15H,2,8-9,11-13H2,1H3,(H,25,28). The van der Waals surface area contributed by atoms with Crippen molar-refractivity contribution in [3.05, 3.63) is 42.9 Å². The first-order chi connectivity index (χ1) is 15.9. The van der Waals surface area contributed by atoms with Crippen LogP contribution >= 0.6 is 11.8 Å². The maximum Gasteiger partial charge on any atom is 0.239 e. The second kappa shape index (κ2) is 9.87. The molecule has 1 aromatic carbocycles. The number of carbonyl (C=O) groups excluding carboxylic acids is 2. The van der Waals surface area contributed by atoms with Crippen molar-refractivity contribution in [2.45, 2.75) is 24.4 Å². The van der Waals surface area contributed by atoms with Crippen LogP contribution in [0.2, 0.25) is 0 Å². The Morgan fingerprint density at radius 3 is 2.73 bits per heavy atom. The second-order valence-corrected chi connectivity index (χ2v) is 10.9. The summed E-state index contributed by atoms with van der Waals surface area (Å²) in [5.74, 6) is -0.430. The number of sulfone groups is 1. The summed E-state index contributed by atoms with van der Waals surface area (Å²) in [4.78, 5) is 35.2. The van der Waals surface area contributed by atoms with Crippen molar-refractivity contribution in [1.29, 1.82) is 0 Å². The average molecular weight is 489 g/mol. The third-order valence-corrected chi connectivity index (χ3v) is 8.09. The maximum absolute atomic E-state index is 12.8. The average Bonchev–Trinajstić information content (AvgIpc) is 3.39. The van der Waals surface area contributed by atoms with Gasteiger partial charge in [-0.1, -0.05) is 30.0 Å². The van der Waals surface area contributed by atoms with Crippen molar-refractivity contribution in [3.63, 3.8) is 0 Å². The Morgan fingerprint density at radius 2 is 2.03 bits per heavy atom. The number of para-hydroxylation sites is 1. The van der Waals surface area contributed by atoms with Crippen molar-refractivity contribution >= 4 is 44.4 Å². The molecule has 2 aromatic heterocycles. The minimum Gasteiger partial charge on any atom is -0.351 e. The number of thioether (sulfide) groups is 1. The van der Waals surface area contributed by atoms with Gasteiger partial charge in [0, 0.05) is 12.6 Å². The van der Waals surface area contributed by atoms with Gasteiger partial charge in [-0.05, 0) is 25.5 Å². The van der Waals surface area contributed by atoms with Crippen LogP contribution in [-0.2, 0) is 19.4 Å². The molecule has 3 aromatic rings. The van der Waals surface area contributed by atoms with Gasteiger partial charge in [-0.2, -0.15) is 5.10 Å². The molecule has 1 aliphatic heterocycles. The number of fused-ring (bicyclic) bond motifs is 1. The fraction of sp³-hybridized carbons (Fsp3) is 0.381. The topological polar surface area (TPSA) is 127 Å². The number of carbonyl (C=O) groups is 2. The molecule has 3 heterocycles. The molecule has 12 heteroatoms. The van der Waals surface area contributed by atoms with Crippen molar-refractivity contribution in [3.8, 4) is 5.69 Å². The van der Waals surface area contributed by atoms with Gasteiger partial charge in [-0.25, -0.2) is 23.1 Å². The highest BCUT2D eigenvalue weighted by Crippen LogP contribution is 2.26. The van der Waals surface area contributed by atoms with Gasteiger partial charge >= 0.3 is 0 Å². The molecule has 1 fully saturated rings. The monoisotopic (exact) mass is 488 g/mol. The lowest BCUT2D eigenvalue weighted by atomic mass is 10.2. The molecule has 0 aliphatic carbocycles. The van der Waals surface area contributed by atoms with Gasteiger partial charge in [0.05, 0.1) is 41.1 Å². The Labute approximate surface area is 195 Å². The zero-order valence-electron chi connectivity index (χ0n) is 18.0. The molecule has 1 atom stereocenters. The van der Waals surface area contributed by atoms with E-state index in [1.54, 1.807) is 17.8 Å². The van der Waals surface area contributed by atoms with E-state index in [1.807, 2.05) is 30.3 Å². The molecule has 1 N–H and O–H groups in total. The lowest BCUT2D eigenvalue weighted by Gasteiger charge is -2.21. The number of nitrogens with one attached hydrogen (secondary N) is 1. The summed E-state index contributed by atoms with van der Waals surface area (Å²) in [6.45, 7) is 2.04. The van der Waals surface area contributed by atoms with Gasteiger partial charge in [0.1, 0.15) is 11.4 Å². The minimum absolute atomic E-state index is 0.0466. The highest BCUT2D eigenvalue weighted by Gasteiger charge is 2.29. The molecular formula is C21H24N6O4S2. The van der Waals surface area contributed by atoms with Crippen LogP contribution in [0.1, 0.15) is 13.3 Å². The SMILES string of the molecule is CCN(CC(=O)NC1CCS(=O)(=O)C1)C(=O)CSc1ncnc2c1cnn2-c1ccccc1. The van der Waals surface area contributed by atoms with E-state index in [4.69, 9.17) is 0 Å². The number of likely N-dealkylation sites (N-methyl/N-ethyl adjacent to an activating group) is 1. The van der Waals surface area contributed by atoms with Crippen molar-refractivity contribution in [2.75, 3.05) is 30.3 Å². The van der Waals surface area contributed by atoms with Crippen LogP contribution < -0.4 is 5.32 Å². The number of hydrogen-bond donors (Lipinski definition) is 1. The molecule has 0 saturated carbocycles. The fourth-order valence-corrected chi connectivity index (χ4v) is 6.19. The fourth-order valence-electron chi connectivity index (χ4n) is 3.65. The molecule has 33 heavy (non-hydrogen) atoms. The number of hydrogen-bond acceptors (Lipinski definition) is 8. The van der Waals surface area contributed by atoms with E-state index in [9.17, 15) is 18.0 Å². The van der Waals surface area contributed by atoms with Crippen LogP contribution in [0, 0.1) is 0 Å². The van der Waals surface area contributed by atoms with Crippen LogP contribution in [0.5, 0.6) is 0 Å². The van der Waals surface area contributed by atoms with Gasteiger partial charge in [-0.15, -0.1) is 0 Å². The summed E-state index contributed by atoms with van der Waals surface area (Å²) >= 11 is 1.26. The van der Waals surface area contributed by atoms with E-state index in [0.717, 1.165) is 11.1 Å². The third-order valence-electron chi connectivity index (χ3n) is 5.33. The van der Waals surface area contributed by atoms with E-state index < -0.39 is 9.84 Å². The van der Waals surface area contributed by atoms with E-state index >= 15 is 0 Å². The van der Waals surface area contributed by atoms with Gasteiger partial charge in [-0.3, -0.25) is 9.59 Å². The second-order valence-electron chi connectivity index (χ2n) is 7.67. The maximum atomic E-state index is 12.8. The highest BCUT2D eigenvalue weighted by atomic mass is 32.2. The predicted molar refractivity (Wildman–Crippen MR) is 125 cm³/mol. The van der Waals surface area contributed by atoms with Gasteiger partial charge in [0.15, 0.2) is 15.5 Å². The largest absolute Gasteiger partial charge is 0.351 e. The van der Waals surface area contributed by atoms with Crippen molar-refractivity contribution < 1.29 is 18.0 Å². The lowest BCUT2D eigenvalue weighted by Crippen LogP contribution is -2.45. The minimum atomic E-state index is -3.08. The normalized spacial score (nSPS) is 17.2. The zero-order valence-corrected chi connectivity index (χ0v) is 19.7. The van der Waals surface area contributed by atoms with Gasteiger partial charge in [0.25, 0.3) is 0 Å². The van der Waals surface area contributed by atoms with Crippen LogP contribution in [0.3, 0.4) is 0 Å². The Morgan fingerprint density at radius 1 is 1.24 bits per heavy atom. The first-order valence-electron chi connectivity index (χ1n) is 10.5. The Balaban J connectivity index is 1.38. The molecular weight excluding hydrogens is 464 g/mol. The molecule has 0 radical (unpaired) electrons. The molecule has 4 rings (SSSR count). The molecule has 174 valence electrons. The summed E-state index contributed by atoms with van der Waals surface area (Å²) in [6, 6.07) is 9.22. The summed E-state index contributed by atoms with van der Waals surface area (Å²) in [5, 5.41) is 8.50. The summed E-state index contributed by atoms with van der Waals surface area (Å²) in [6.07, 6.45) is 3.52. The number of amides is 2. The van der Waals surface area contributed by atoms with Crippen LogP contribution in [0.15, 0.2) is 47.9 Å². The summed E-state index contributed by atoms with van der Waals surface area (Å²) in [7, 11) is -3.08. The third kappa shape index (κ3) is 5.50. The van der Waals surface area contributed by atoms with Crippen LogP contribution in [0.4, 0.5) is 0 Å². The van der Waals surface area contributed by atoms with Crippen molar-refractivity contribution in [2.24, 2.45) is 0 Å². The van der Waals surface area contributed by atoms with Gasteiger partial charge in [0.2, 0.25) is 11.8 Å². The first-order valence-corrected chi connectivity index (χ1v) is 13.3. The predicted octanol–water partition coefficient (Wildman–Crippen LogP) is 1.06. The van der Waals surface area contributed by atoms with E-state index in [-0.39, 0.29) is 41.7 Å². The quantitative estimate of drug-likeness (QED) is 0.368. The summed E-state index contributed by atoms with van der Waals surface area (Å²) < 4.78 is 24.9. The molecule has 1 aliphatic rings. The zero-order chi connectivity index (χ0) is 23.4. The Bertz CT molecular complexity index is 1260. The van der Waals surface area contributed by atoms with E-state index in [1.165, 1.54) is 23.0 Å². The Kier molecular flexibility index (Phi) is 6.94. The number of benzene rings is 1. The lowest BCUT2D eigenvalue weighted by molar-refractivity contribution is -0.134. The molecule has 0 bridgehead atoms. The van der Waals surface area contributed by atoms with E-state index in [2.05, 4.69) is 20.4 Å². The van der Waals surface area contributed by atoms with Crippen molar-refractivity contribution in [1.82, 2.24) is 30.0 Å². The molecule has 1 unspecified atom stereocenters. The number of aromatic nitrogens is 4. The highest BCUT2D eigenvalue weighted by molar-refractivity contribution is 8.00. The van der Waals surface area contributed by atoms with Crippen LogP contribution in [0.25, 0.3) is 16.7 Å². The van der Waals surface area contributed by atoms with Crippen LogP contribution in [-0.4, -0.2) is 81.3 Å². The molecule has 2 amide bonds. The molecule has 0 spiro atoms. The first kappa shape index (κ1) is 23.2. The number of nitrogens with zero attached hydrogens (tertiary/aromatic N) is 5. The van der Waals surface area contributed by atoms with Gasteiger partial charge < -0.3 is 10.2 Å². The van der Waals surface area contributed by atoms with E-state index in [0.29, 0.717) is 23.6 Å². The number of rotatable bonds is 8. The molecule has 10 nitrogen and oxygen atoms in total. The Hall–Kier alpha value is -2.99. The molecule has 1 saturated heterocycles. The summed E-state index contributed by atoms with van der Waals surface area (Å²) in [5.41, 5.74) is 1.51.